The monoisotopic (exact) mass is 653 g/mol. The highest BCUT2D eigenvalue weighted by Crippen LogP contribution is 2.40. The molecule has 0 atom stereocenters. The predicted octanol–water partition coefficient (Wildman–Crippen LogP) is 13.8. The second-order valence-electron chi connectivity index (χ2n) is 13.0. The Kier molecular flexibility index (Phi) is 6.75. The molecule has 0 fully saturated rings. The van der Waals surface area contributed by atoms with Crippen LogP contribution in [0.5, 0.6) is 0 Å². The van der Waals surface area contributed by atoms with Gasteiger partial charge in [0.2, 0.25) is 0 Å². The van der Waals surface area contributed by atoms with Crippen molar-refractivity contribution in [2.45, 2.75) is 0 Å². The molecule has 0 aliphatic heterocycles. The molecule has 0 radical (unpaired) electrons. The number of para-hydroxylation sites is 1. The van der Waals surface area contributed by atoms with Crippen molar-refractivity contribution in [3.63, 3.8) is 0 Å². The number of thiophene rings is 1. The molecule has 0 aliphatic carbocycles. The molecule has 0 spiro atoms. The average Bonchev–Trinajstić information content (AvgIpc) is 3.73. The van der Waals surface area contributed by atoms with Crippen LogP contribution < -0.4 is 0 Å². The molecule has 0 bridgehead atoms. The van der Waals surface area contributed by atoms with E-state index in [1.54, 1.807) is 0 Å². The standard InChI is InChI=1S/C48H31NS/c1-3-11-32(12-4-1)34-15-9-16-35(27-34)36-17-10-18-37(28-36)39-22-25-47-43(30-39)44-31-40(23-26-48(44)50-47)49-45-20-8-7-19-41(45)42-29-38(21-24-46(42)49)33-13-5-2-6-14-33/h1-31H. The zero-order valence-corrected chi connectivity index (χ0v) is 28.1. The van der Waals surface area contributed by atoms with Gasteiger partial charge in [-0.3, -0.25) is 0 Å². The number of rotatable bonds is 5. The van der Waals surface area contributed by atoms with Gasteiger partial charge in [-0.25, -0.2) is 0 Å². The summed E-state index contributed by atoms with van der Waals surface area (Å²) >= 11 is 1.87. The molecule has 234 valence electrons. The van der Waals surface area contributed by atoms with Gasteiger partial charge in [0.15, 0.2) is 0 Å². The van der Waals surface area contributed by atoms with E-state index in [2.05, 4.69) is 193 Å². The summed E-state index contributed by atoms with van der Waals surface area (Å²) in [5.74, 6) is 0. The van der Waals surface area contributed by atoms with Crippen LogP contribution in [0.3, 0.4) is 0 Å². The molecule has 50 heavy (non-hydrogen) atoms. The first-order valence-electron chi connectivity index (χ1n) is 17.1. The fraction of sp³-hybridized carbons (Fsp3) is 0. The number of hydrogen-bond acceptors (Lipinski definition) is 1. The lowest BCUT2D eigenvalue weighted by atomic mass is 9.96. The Morgan fingerprint density at radius 1 is 0.280 bits per heavy atom. The second kappa shape index (κ2) is 11.7. The minimum atomic E-state index is 1.18. The smallest absolute Gasteiger partial charge is 0.0541 e. The van der Waals surface area contributed by atoms with Crippen molar-refractivity contribution >= 4 is 53.3 Å². The number of hydrogen-bond donors (Lipinski definition) is 0. The van der Waals surface area contributed by atoms with E-state index in [1.807, 2.05) is 11.3 Å². The summed E-state index contributed by atoms with van der Waals surface area (Å²) in [7, 11) is 0. The topological polar surface area (TPSA) is 4.93 Å². The highest BCUT2D eigenvalue weighted by atomic mass is 32.1. The maximum absolute atomic E-state index is 2.43. The van der Waals surface area contributed by atoms with E-state index in [-0.39, 0.29) is 0 Å². The van der Waals surface area contributed by atoms with Crippen LogP contribution >= 0.6 is 11.3 Å². The Balaban J connectivity index is 1.08. The third-order valence-electron chi connectivity index (χ3n) is 9.99. The fourth-order valence-electron chi connectivity index (χ4n) is 7.53. The van der Waals surface area contributed by atoms with Crippen molar-refractivity contribution in [3.05, 3.63) is 188 Å². The molecule has 2 aromatic heterocycles. The molecule has 0 amide bonds. The lowest BCUT2D eigenvalue weighted by Crippen LogP contribution is -1.93. The summed E-state index contributed by atoms with van der Waals surface area (Å²) < 4.78 is 5.04. The van der Waals surface area contributed by atoms with E-state index < -0.39 is 0 Å². The number of nitrogens with zero attached hydrogens (tertiary/aromatic N) is 1. The molecule has 0 saturated heterocycles. The Morgan fingerprint density at radius 3 is 1.42 bits per heavy atom. The Hall–Kier alpha value is -6.22. The lowest BCUT2D eigenvalue weighted by Gasteiger charge is -2.10. The molecule has 0 unspecified atom stereocenters. The molecule has 0 saturated carbocycles. The van der Waals surface area contributed by atoms with Crippen molar-refractivity contribution in [1.82, 2.24) is 4.57 Å². The van der Waals surface area contributed by atoms with Crippen molar-refractivity contribution in [2.75, 3.05) is 0 Å². The number of fused-ring (bicyclic) bond motifs is 6. The molecule has 1 nitrogen and oxygen atoms in total. The van der Waals surface area contributed by atoms with Gasteiger partial charge in [-0.2, -0.15) is 0 Å². The van der Waals surface area contributed by atoms with E-state index in [0.717, 1.165) is 0 Å². The number of benzene rings is 8. The second-order valence-corrected chi connectivity index (χ2v) is 14.1. The molecule has 8 aromatic carbocycles. The maximum atomic E-state index is 2.43. The van der Waals surface area contributed by atoms with Crippen molar-refractivity contribution < 1.29 is 0 Å². The molecule has 2 heterocycles. The minimum absolute atomic E-state index is 1.18. The van der Waals surface area contributed by atoms with Gasteiger partial charge in [0, 0.05) is 36.6 Å². The molecular weight excluding hydrogens is 623 g/mol. The summed E-state index contributed by atoms with van der Waals surface area (Å²) in [5.41, 5.74) is 13.5. The van der Waals surface area contributed by atoms with Crippen molar-refractivity contribution in [3.8, 4) is 50.2 Å². The van der Waals surface area contributed by atoms with Gasteiger partial charge in [-0.05, 0) is 105 Å². The summed E-state index contributed by atoms with van der Waals surface area (Å²) in [6, 6.07) is 68.7. The van der Waals surface area contributed by atoms with Crippen LogP contribution in [0.1, 0.15) is 0 Å². The van der Waals surface area contributed by atoms with E-state index in [9.17, 15) is 0 Å². The van der Waals surface area contributed by atoms with Crippen LogP contribution in [0.25, 0.3) is 92.2 Å². The van der Waals surface area contributed by atoms with Gasteiger partial charge in [0.05, 0.1) is 11.0 Å². The van der Waals surface area contributed by atoms with Gasteiger partial charge in [0.25, 0.3) is 0 Å². The van der Waals surface area contributed by atoms with Crippen LogP contribution in [-0.4, -0.2) is 4.57 Å². The van der Waals surface area contributed by atoms with Crippen LogP contribution in [0.4, 0.5) is 0 Å². The van der Waals surface area contributed by atoms with E-state index in [0.29, 0.717) is 0 Å². The van der Waals surface area contributed by atoms with Gasteiger partial charge < -0.3 is 4.57 Å². The summed E-state index contributed by atoms with van der Waals surface area (Å²) in [6.07, 6.45) is 0. The highest BCUT2D eigenvalue weighted by Gasteiger charge is 2.15. The summed E-state index contributed by atoms with van der Waals surface area (Å²) in [4.78, 5) is 0. The third kappa shape index (κ3) is 4.84. The molecule has 0 aliphatic rings. The largest absolute Gasteiger partial charge is 0.309 e. The molecule has 10 rings (SSSR count). The zero-order valence-electron chi connectivity index (χ0n) is 27.3. The molecule has 10 aromatic rings. The van der Waals surface area contributed by atoms with Crippen LogP contribution in [0, 0.1) is 0 Å². The molecule has 2 heteroatoms. The SMILES string of the molecule is c1ccc(-c2cccc(-c3cccc(-c4ccc5sc6ccc(-n7c8ccccc8c8cc(-c9ccccc9)ccc87)cc6c5c4)c3)c2)cc1. The van der Waals surface area contributed by atoms with Crippen LogP contribution in [0.2, 0.25) is 0 Å². The Labute approximate surface area is 295 Å². The third-order valence-corrected chi connectivity index (χ3v) is 11.1. The first-order valence-corrected chi connectivity index (χ1v) is 17.9. The first-order chi connectivity index (χ1) is 24.8. The maximum Gasteiger partial charge on any atom is 0.0541 e. The summed E-state index contributed by atoms with van der Waals surface area (Å²) in [6.45, 7) is 0. The minimum Gasteiger partial charge on any atom is -0.309 e. The normalized spacial score (nSPS) is 11.6. The average molecular weight is 654 g/mol. The first kappa shape index (κ1) is 28.8. The highest BCUT2D eigenvalue weighted by molar-refractivity contribution is 7.25. The number of aromatic nitrogens is 1. The summed E-state index contributed by atoms with van der Waals surface area (Å²) in [5, 5.41) is 5.14. The Morgan fingerprint density at radius 2 is 0.740 bits per heavy atom. The van der Waals surface area contributed by atoms with E-state index in [4.69, 9.17) is 0 Å². The van der Waals surface area contributed by atoms with Gasteiger partial charge in [0.1, 0.15) is 0 Å². The van der Waals surface area contributed by atoms with E-state index >= 15 is 0 Å². The molecule has 0 N–H and O–H groups in total. The lowest BCUT2D eigenvalue weighted by molar-refractivity contribution is 1.19. The van der Waals surface area contributed by atoms with Crippen LogP contribution in [-0.2, 0) is 0 Å². The quantitative estimate of drug-likeness (QED) is 0.174. The van der Waals surface area contributed by atoms with Crippen LogP contribution in [0.15, 0.2) is 188 Å². The fourth-order valence-corrected chi connectivity index (χ4v) is 8.60. The van der Waals surface area contributed by atoms with Gasteiger partial charge in [-0.15, -0.1) is 11.3 Å². The van der Waals surface area contributed by atoms with Crippen molar-refractivity contribution in [1.29, 1.82) is 0 Å². The Bertz CT molecular complexity index is 2860. The van der Waals surface area contributed by atoms with Gasteiger partial charge in [-0.1, -0.05) is 127 Å². The van der Waals surface area contributed by atoms with Crippen molar-refractivity contribution in [2.24, 2.45) is 0 Å². The zero-order chi connectivity index (χ0) is 33.0. The van der Waals surface area contributed by atoms with Gasteiger partial charge >= 0.3 is 0 Å². The predicted molar refractivity (Wildman–Crippen MR) is 215 cm³/mol. The molecular formula is C48H31NS. The van der Waals surface area contributed by atoms with E-state index in [1.165, 1.54) is 92.2 Å².